The van der Waals surface area contributed by atoms with E-state index >= 15 is 0 Å². The molecule has 1 aromatic carbocycles. The van der Waals surface area contributed by atoms with Crippen LogP contribution in [0.1, 0.15) is 51.7 Å². The average molecular weight is 457 g/mol. The van der Waals surface area contributed by atoms with Crippen molar-refractivity contribution in [1.82, 2.24) is 4.90 Å². The summed E-state index contributed by atoms with van der Waals surface area (Å²) in [6, 6.07) is 4.66. The molecule has 10 heteroatoms. The number of aliphatic carboxylic acids is 2. The van der Waals surface area contributed by atoms with Gasteiger partial charge in [-0.3, -0.25) is 9.36 Å². The van der Waals surface area contributed by atoms with Crippen molar-refractivity contribution in [2.24, 2.45) is 5.92 Å². The highest BCUT2D eigenvalue weighted by atomic mass is 31.2. The summed E-state index contributed by atoms with van der Waals surface area (Å²) in [5, 5.41) is 18.8. The SMILES string of the molecule is CCOP(=O)(Cc1ccc(CN(C(=O)C(CC)CC)C(C(=O)O)C(=O)O)cc1)OCC. The first-order valence-corrected chi connectivity index (χ1v) is 12.1. The van der Waals surface area contributed by atoms with Gasteiger partial charge in [0.25, 0.3) is 0 Å². The van der Waals surface area contributed by atoms with Crippen LogP contribution in [0.25, 0.3) is 0 Å². The second-order valence-corrected chi connectivity index (χ2v) is 9.03. The number of carboxylic acid groups (broad SMARTS) is 2. The fourth-order valence-electron chi connectivity index (χ4n) is 3.23. The maximum Gasteiger partial charge on any atom is 0.338 e. The van der Waals surface area contributed by atoms with Crippen LogP contribution in [0.15, 0.2) is 24.3 Å². The van der Waals surface area contributed by atoms with E-state index in [0.717, 1.165) is 4.90 Å². The molecule has 0 radical (unpaired) electrons. The first kappa shape index (κ1) is 26.8. The zero-order valence-corrected chi connectivity index (χ0v) is 19.3. The number of hydrogen-bond acceptors (Lipinski definition) is 6. The minimum Gasteiger partial charge on any atom is -0.479 e. The summed E-state index contributed by atoms with van der Waals surface area (Å²) in [6.45, 7) is 7.36. The van der Waals surface area contributed by atoms with Crippen LogP contribution in [0.2, 0.25) is 0 Å². The van der Waals surface area contributed by atoms with Crippen molar-refractivity contribution in [3.8, 4) is 0 Å². The van der Waals surface area contributed by atoms with Crippen LogP contribution >= 0.6 is 7.60 Å². The first-order valence-electron chi connectivity index (χ1n) is 10.3. The molecule has 0 bridgehead atoms. The topological polar surface area (TPSA) is 130 Å². The Balaban J connectivity index is 3.14. The highest BCUT2D eigenvalue weighted by Gasteiger charge is 2.38. The Morgan fingerprint density at radius 1 is 0.903 bits per heavy atom. The number of carboxylic acids is 2. The lowest BCUT2D eigenvalue weighted by Crippen LogP contribution is -2.51. The van der Waals surface area contributed by atoms with E-state index in [1.165, 1.54) is 0 Å². The molecule has 0 saturated heterocycles. The predicted molar refractivity (Wildman–Crippen MR) is 115 cm³/mol. The van der Waals surface area contributed by atoms with Crippen LogP contribution in [-0.2, 0) is 40.7 Å². The summed E-state index contributed by atoms with van der Waals surface area (Å²) in [5.74, 6) is -4.18. The molecule has 0 aliphatic heterocycles. The van der Waals surface area contributed by atoms with Gasteiger partial charge in [-0.1, -0.05) is 38.1 Å². The molecule has 0 spiro atoms. The third kappa shape index (κ3) is 7.76. The zero-order chi connectivity index (χ0) is 23.6. The van der Waals surface area contributed by atoms with E-state index in [2.05, 4.69) is 0 Å². The molecule has 0 aliphatic carbocycles. The third-order valence-electron chi connectivity index (χ3n) is 4.80. The Morgan fingerprint density at radius 2 is 1.35 bits per heavy atom. The summed E-state index contributed by atoms with van der Waals surface area (Å²) >= 11 is 0. The van der Waals surface area contributed by atoms with Gasteiger partial charge >= 0.3 is 19.5 Å². The second-order valence-electron chi connectivity index (χ2n) is 6.98. The van der Waals surface area contributed by atoms with Crippen molar-refractivity contribution in [2.45, 2.75) is 59.3 Å². The molecule has 0 fully saturated rings. The Hall–Kier alpha value is -2.22. The molecular formula is C21H32NO8P. The predicted octanol–water partition coefficient (Wildman–Crippen LogP) is 3.76. The van der Waals surface area contributed by atoms with Gasteiger partial charge in [0, 0.05) is 12.5 Å². The molecule has 1 rings (SSSR count). The smallest absolute Gasteiger partial charge is 0.338 e. The summed E-state index contributed by atoms with van der Waals surface area (Å²) in [4.78, 5) is 36.9. The van der Waals surface area contributed by atoms with Crippen LogP contribution in [0.5, 0.6) is 0 Å². The van der Waals surface area contributed by atoms with E-state index in [4.69, 9.17) is 9.05 Å². The van der Waals surface area contributed by atoms with Crippen molar-refractivity contribution < 1.29 is 38.2 Å². The lowest BCUT2D eigenvalue weighted by Gasteiger charge is -2.29. The van der Waals surface area contributed by atoms with Gasteiger partial charge in [0.1, 0.15) is 0 Å². The van der Waals surface area contributed by atoms with Crippen LogP contribution in [-0.4, -0.2) is 52.2 Å². The molecule has 0 aromatic heterocycles. The van der Waals surface area contributed by atoms with Gasteiger partial charge in [0.05, 0.1) is 19.4 Å². The quantitative estimate of drug-likeness (QED) is 0.319. The highest BCUT2D eigenvalue weighted by molar-refractivity contribution is 7.53. The van der Waals surface area contributed by atoms with Crippen molar-refractivity contribution in [2.75, 3.05) is 13.2 Å². The number of hydrogen-bond donors (Lipinski definition) is 2. The van der Waals surface area contributed by atoms with Gasteiger partial charge in [0.2, 0.25) is 11.9 Å². The first-order chi connectivity index (χ1) is 14.6. The number of rotatable bonds is 14. The van der Waals surface area contributed by atoms with Gasteiger partial charge in [0.15, 0.2) is 0 Å². The van der Waals surface area contributed by atoms with Crippen LogP contribution in [0, 0.1) is 5.92 Å². The number of amides is 1. The summed E-state index contributed by atoms with van der Waals surface area (Å²) in [6.07, 6.45) is 1.01. The van der Waals surface area contributed by atoms with Crippen LogP contribution in [0.4, 0.5) is 0 Å². The third-order valence-corrected chi connectivity index (χ3v) is 6.86. The Bertz CT molecular complexity index is 767. The van der Waals surface area contributed by atoms with E-state index in [-0.39, 0.29) is 25.9 Å². The van der Waals surface area contributed by atoms with E-state index in [0.29, 0.717) is 24.0 Å². The van der Waals surface area contributed by atoms with E-state index < -0.39 is 37.4 Å². The molecule has 1 aromatic rings. The molecule has 9 nitrogen and oxygen atoms in total. The van der Waals surface area contributed by atoms with Gasteiger partial charge in [-0.05, 0) is 37.8 Å². The van der Waals surface area contributed by atoms with Crippen molar-refractivity contribution in [3.05, 3.63) is 35.4 Å². The van der Waals surface area contributed by atoms with E-state index in [9.17, 15) is 29.2 Å². The van der Waals surface area contributed by atoms with Gasteiger partial charge < -0.3 is 24.2 Å². The molecule has 0 unspecified atom stereocenters. The molecule has 0 aliphatic rings. The monoisotopic (exact) mass is 457 g/mol. The zero-order valence-electron chi connectivity index (χ0n) is 18.4. The van der Waals surface area contributed by atoms with E-state index in [1.54, 1.807) is 52.0 Å². The summed E-state index contributed by atoms with van der Waals surface area (Å²) in [5.41, 5.74) is 1.23. The second kappa shape index (κ2) is 12.6. The Labute approximate surface area is 182 Å². The Morgan fingerprint density at radius 3 is 1.74 bits per heavy atom. The number of carbonyl (C=O) groups excluding carboxylic acids is 1. The molecule has 0 saturated carbocycles. The average Bonchev–Trinajstić information content (AvgIpc) is 2.69. The summed E-state index contributed by atoms with van der Waals surface area (Å²) in [7, 11) is -3.28. The van der Waals surface area contributed by atoms with Gasteiger partial charge in [-0.15, -0.1) is 0 Å². The van der Waals surface area contributed by atoms with Crippen LogP contribution < -0.4 is 0 Å². The standard InChI is InChI=1S/C21H32NO8P/c1-5-17(6-2)19(23)22(18(20(24)25)21(26)27)13-15-9-11-16(12-10-15)14-31(28,29-7-3)30-8-4/h9-12,17-18H,5-8,13-14H2,1-4H3,(H,24,25)(H,26,27). The molecular weight excluding hydrogens is 425 g/mol. The largest absolute Gasteiger partial charge is 0.479 e. The van der Waals surface area contributed by atoms with Crippen molar-refractivity contribution in [3.63, 3.8) is 0 Å². The molecule has 1 amide bonds. The minimum absolute atomic E-state index is 0.0677. The summed E-state index contributed by atoms with van der Waals surface area (Å²) < 4.78 is 23.3. The fraction of sp³-hybridized carbons (Fsp3) is 0.571. The number of benzene rings is 1. The van der Waals surface area contributed by atoms with Crippen molar-refractivity contribution in [1.29, 1.82) is 0 Å². The van der Waals surface area contributed by atoms with Crippen molar-refractivity contribution >= 4 is 25.4 Å². The fourth-order valence-corrected chi connectivity index (χ4v) is 4.94. The molecule has 2 N–H and O–H groups in total. The molecule has 0 heterocycles. The molecule has 31 heavy (non-hydrogen) atoms. The maximum atomic E-state index is 12.9. The Kier molecular flexibility index (Phi) is 10.9. The maximum absolute atomic E-state index is 12.9. The lowest BCUT2D eigenvalue weighted by molar-refractivity contribution is -0.163. The van der Waals surface area contributed by atoms with Gasteiger partial charge in [-0.25, -0.2) is 9.59 Å². The lowest BCUT2D eigenvalue weighted by atomic mass is 10.00. The molecule has 0 atom stereocenters. The minimum atomic E-state index is -3.28. The number of nitrogens with zero attached hydrogens (tertiary/aromatic N) is 1. The van der Waals surface area contributed by atoms with Crippen LogP contribution in [0.3, 0.4) is 0 Å². The number of carbonyl (C=O) groups is 3. The highest BCUT2D eigenvalue weighted by Crippen LogP contribution is 2.51. The van der Waals surface area contributed by atoms with E-state index in [1.807, 2.05) is 0 Å². The normalized spacial score (nSPS) is 11.7. The molecule has 174 valence electrons. The van der Waals surface area contributed by atoms with Gasteiger partial charge in [-0.2, -0.15) is 0 Å².